The van der Waals surface area contributed by atoms with Gasteiger partial charge in [-0.15, -0.1) is 0 Å². The Balaban J connectivity index is 1.87. The van der Waals surface area contributed by atoms with E-state index in [1.54, 1.807) is 12.3 Å². The number of pyridine rings is 1. The fourth-order valence-corrected chi connectivity index (χ4v) is 3.87. The largest absolute Gasteiger partial charge is 0.350 e. The quantitative estimate of drug-likeness (QED) is 0.859. The molecule has 0 aliphatic carbocycles. The van der Waals surface area contributed by atoms with Gasteiger partial charge >= 0.3 is 0 Å². The first-order valence-electron chi connectivity index (χ1n) is 8.17. The van der Waals surface area contributed by atoms with Crippen LogP contribution in [0, 0.1) is 11.3 Å². The zero-order valence-corrected chi connectivity index (χ0v) is 13.0. The van der Waals surface area contributed by atoms with Crippen molar-refractivity contribution in [3.8, 4) is 6.07 Å². The molecule has 1 aromatic heterocycles. The number of carbonyl (C=O) groups is 1. The third kappa shape index (κ3) is 2.54. The molecule has 2 saturated heterocycles. The maximum Gasteiger partial charge on any atom is 0.222 e. The van der Waals surface area contributed by atoms with Gasteiger partial charge in [0.05, 0.1) is 17.6 Å². The molecule has 22 heavy (non-hydrogen) atoms. The minimum atomic E-state index is 0.246. The predicted molar refractivity (Wildman–Crippen MR) is 84.3 cm³/mol. The summed E-state index contributed by atoms with van der Waals surface area (Å²) in [6, 6.07) is 6.42. The molecule has 0 radical (unpaired) electrons. The smallest absolute Gasteiger partial charge is 0.222 e. The van der Waals surface area contributed by atoms with Crippen LogP contribution in [0.2, 0.25) is 0 Å². The number of aromatic nitrogens is 1. The molecule has 3 rings (SSSR count). The summed E-state index contributed by atoms with van der Waals surface area (Å²) in [6.07, 6.45) is 6.61. The molecule has 1 aromatic rings. The van der Waals surface area contributed by atoms with E-state index in [1.807, 2.05) is 13.0 Å². The Kier molecular flexibility index (Phi) is 4.28. The molecular weight excluding hydrogens is 276 g/mol. The van der Waals surface area contributed by atoms with Crippen LogP contribution in [-0.4, -0.2) is 41.0 Å². The van der Waals surface area contributed by atoms with Crippen molar-refractivity contribution in [2.75, 3.05) is 18.0 Å². The first-order valence-corrected chi connectivity index (χ1v) is 8.17. The summed E-state index contributed by atoms with van der Waals surface area (Å²) >= 11 is 0. The highest BCUT2D eigenvalue weighted by Crippen LogP contribution is 2.34. The van der Waals surface area contributed by atoms with Gasteiger partial charge in [0.15, 0.2) is 0 Å². The highest BCUT2D eigenvalue weighted by atomic mass is 16.2. The van der Waals surface area contributed by atoms with E-state index in [9.17, 15) is 10.1 Å². The second-order valence-electron chi connectivity index (χ2n) is 6.04. The van der Waals surface area contributed by atoms with Crippen LogP contribution in [0.5, 0.6) is 0 Å². The normalized spacial score (nSPS) is 24.5. The first-order chi connectivity index (χ1) is 10.8. The molecule has 116 valence electrons. The Morgan fingerprint density at radius 2 is 2.14 bits per heavy atom. The van der Waals surface area contributed by atoms with Crippen molar-refractivity contribution >= 4 is 11.7 Å². The Morgan fingerprint density at radius 1 is 1.36 bits per heavy atom. The SMILES string of the molecule is CCC(=O)N1CCC[C@H]1[C@H]1CCCN1c1ncccc1C#N. The van der Waals surface area contributed by atoms with Gasteiger partial charge in [0, 0.05) is 25.7 Å². The van der Waals surface area contributed by atoms with Crippen LogP contribution in [0.1, 0.15) is 44.6 Å². The minimum Gasteiger partial charge on any atom is -0.350 e. The van der Waals surface area contributed by atoms with Gasteiger partial charge in [-0.25, -0.2) is 4.98 Å². The molecule has 1 amide bonds. The standard InChI is InChI=1S/C17H22N4O/c1-2-16(22)20-10-4-7-14(20)15-8-5-11-21(15)17-13(12-18)6-3-9-19-17/h3,6,9,14-15H,2,4-5,7-8,10-11H2,1H3/t14-,15+/m0/s1. The van der Waals surface area contributed by atoms with Crippen LogP contribution in [0.15, 0.2) is 18.3 Å². The van der Waals surface area contributed by atoms with E-state index >= 15 is 0 Å². The lowest BCUT2D eigenvalue weighted by Crippen LogP contribution is -2.48. The van der Waals surface area contributed by atoms with Crippen LogP contribution in [-0.2, 0) is 4.79 Å². The van der Waals surface area contributed by atoms with E-state index in [4.69, 9.17) is 0 Å². The van der Waals surface area contributed by atoms with Crippen molar-refractivity contribution in [1.29, 1.82) is 5.26 Å². The molecule has 2 fully saturated rings. The monoisotopic (exact) mass is 298 g/mol. The second kappa shape index (κ2) is 6.35. The van der Waals surface area contributed by atoms with Crippen molar-refractivity contribution in [1.82, 2.24) is 9.88 Å². The van der Waals surface area contributed by atoms with Crippen molar-refractivity contribution in [2.45, 2.75) is 51.1 Å². The topological polar surface area (TPSA) is 60.2 Å². The molecule has 0 unspecified atom stereocenters. The number of likely N-dealkylation sites (tertiary alicyclic amines) is 1. The summed E-state index contributed by atoms with van der Waals surface area (Å²) in [5, 5.41) is 9.33. The van der Waals surface area contributed by atoms with Gasteiger partial charge in [-0.05, 0) is 37.8 Å². The van der Waals surface area contributed by atoms with Gasteiger partial charge in [0.2, 0.25) is 5.91 Å². The number of anilines is 1. The molecule has 3 heterocycles. The number of rotatable bonds is 3. The summed E-state index contributed by atoms with van der Waals surface area (Å²) in [6.45, 7) is 3.71. The maximum atomic E-state index is 12.2. The molecule has 0 saturated carbocycles. The molecule has 0 spiro atoms. The van der Waals surface area contributed by atoms with E-state index in [1.165, 1.54) is 0 Å². The fraction of sp³-hybridized carbons (Fsp3) is 0.588. The molecule has 5 heteroatoms. The lowest BCUT2D eigenvalue weighted by atomic mass is 10.0. The minimum absolute atomic E-state index is 0.246. The van der Waals surface area contributed by atoms with Gasteiger partial charge in [0.25, 0.3) is 0 Å². The molecule has 0 aromatic carbocycles. The average molecular weight is 298 g/mol. The lowest BCUT2D eigenvalue weighted by molar-refractivity contribution is -0.132. The van der Waals surface area contributed by atoms with E-state index in [2.05, 4.69) is 20.9 Å². The molecule has 2 aliphatic rings. The molecular formula is C17H22N4O. The molecule has 0 bridgehead atoms. The number of carbonyl (C=O) groups excluding carboxylic acids is 1. The fourth-order valence-electron chi connectivity index (χ4n) is 3.87. The van der Waals surface area contributed by atoms with E-state index in [-0.39, 0.29) is 11.9 Å². The van der Waals surface area contributed by atoms with Crippen molar-refractivity contribution < 1.29 is 4.79 Å². The van der Waals surface area contributed by atoms with E-state index < -0.39 is 0 Å². The lowest BCUT2D eigenvalue weighted by Gasteiger charge is -2.35. The highest BCUT2D eigenvalue weighted by molar-refractivity contribution is 5.76. The highest BCUT2D eigenvalue weighted by Gasteiger charge is 2.40. The van der Waals surface area contributed by atoms with Crippen LogP contribution >= 0.6 is 0 Å². The van der Waals surface area contributed by atoms with Gasteiger partial charge in [0.1, 0.15) is 11.9 Å². The molecule has 0 N–H and O–H groups in total. The molecule has 5 nitrogen and oxygen atoms in total. The van der Waals surface area contributed by atoms with E-state index in [0.717, 1.165) is 44.6 Å². The summed E-state index contributed by atoms with van der Waals surface area (Å²) in [7, 11) is 0. The number of hydrogen-bond acceptors (Lipinski definition) is 4. The summed E-state index contributed by atoms with van der Waals surface area (Å²) in [4.78, 5) is 20.9. The second-order valence-corrected chi connectivity index (χ2v) is 6.04. The van der Waals surface area contributed by atoms with E-state index in [0.29, 0.717) is 18.0 Å². The van der Waals surface area contributed by atoms with Crippen LogP contribution in [0.25, 0.3) is 0 Å². The molecule has 2 aliphatic heterocycles. The van der Waals surface area contributed by atoms with Gasteiger partial charge in [-0.3, -0.25) is 4.79 Å². The predicted octanol–water partition coefficient (Wildman–Crippen LogP) is 2.32. The average Bonchev–Trinajstić information content (AvgIpc) is 3.22. The van der Waals surface area contributed by atoms with Gasteiger partial charge in [-0.1, -0.05) is 6.92 Å². The van der Waals surface area contributed by atoms with Crippen molar-refractivity contribution in [3.05, 3.63) is 23.9 Å². The van der Waals surface area contributed by atoms with Crippen molar-refractivity contribution in [3.63, 3.8) is 0 Å². The Bertz CT molecular complexity index is 595. The van der Waals surface area contributed by atoms with Crippen LogP contribution in [0.4, 0.5) is 5.82 Å². The van der Waals surface area contributed by atoms with Crippen molar-refractivity contribution in [2.24, 2.45) is 0 Å². The Morgan fingerprint density at radius 3 is 2.91 bits per heavy atom. The number of hydrogen-bond donors (Lipinski definition) is 0. The summed E-state index contributed by atoms with van der Waals surface area (Å²) in [5.41, 5.74) is 0.626. The zero-order valence-electron chi connectivity index (χ0n) is 13.0. The third-order valence-electron chi connectivity index (χ3n) is 4.84. The number of nitrogens with zero attached hydrogens (tertiary/aromatic N) is 4. The van der Waals surface area contributed by atoms with Crippen LogP contribution < -0.4 is 4.90 Å². The number of nitriles is 1. The van der Waals surface area contributed by atoms with Crippen LogP contribution in [0.3, 0.4) is 0 Å². The third-order valence-corrected chi connectivity index (χ3v) is 4.84. The van der Waals surface area contributed by atoms with Gasteiger partial charge in [-0.2, -0.15) is 5.26 Å². The first kappa shape index (κ1) is 14.8. The summed E-state index contributed by atoms with van der Waals surface area (Å²) < 4.78 is 0. The molecule has 2 atom stereocenters. The zero-order chi connectivity index (χ0) is 15.5. The number of amides is 1. The van der Waals surface area contributed by atoms with Gasteiger partial charge < -0.3 is 9.80 Å². The maximum absolute atomic E-state index is 12.2. The Hall–Kier alpha value is -2.09. The Labute approximate surface area is 131 Å². The summed E-state index contributed by atoms with van der Waals surface area (Å²) in [5.74, 6) is 1.03.